The van der Waals surface area contributed by atoms with Crippen LogP contribution in [0.3, 0.4) is 0 Å². The largest absolute Gasteiger partial charge is 0.468 e. The lowest BCUT2D eigenvalue weighted by Gasteiger charge is -2.09. The van der Waals surface area contributed by atoms with E-state index in [0.29, 0.717) is 5.92 Å². The van der Waals surface area contributed by atoms with Gasteiger partial charge in [-0.1, -0.05) is 0 Å². The molecule has 15 heavy (non-hydrogen) atoms. The zero-order valence-electron chi connectivity index (χ0n) is 9.20. The predicted octanol–water partition coefficient (Wildman–Crippen LogP) is 1.84. The smallest absolute Gasteiger partial charge is 0.120 e. The van der Waals surface area contributed by atoms with E-state index in [2.05, 4.69) is 12.2 Å². The molecule has 0 saturated heterocycles. The maximum absolute atomic E-state index is 9.38. The molecule has 1 aliphatic carbocycles. The standard InChI is InChI=1S/C12H19NO2/c1-9-4-5-15-12(9)8-13-7-10-2-3-11(14)6-10/h4-5,10-11,13-14H,2-3,6-8H2,1H3. The van der Waals surface area contributed by atoms with Crippen molar-refractivity contribution >= 4 is 0 Å². The van der Waals surface area contributed by atoms with E-state index in [1.165, 1.54) is 5.56 Å². The van der Waals surface area contributed by atoms with Crippen molar-refractivity contribution in [1.29, 1.82) is 0 Å². The highest BCUT2D eigenvalue weighted by Gasteiger charge is 2.22. The summed E-state index contributed by atoms with van der Waals surface area (Å²) in [5.74, 6) is 1.66. The average Bonchev–Trinajstić information content (AvgIpc) is 2.77. The zero-order valence-corrected chi connectivity index (χ0v) is 9.20. The second kappa shape index (κ2) is 4.81. The van der Waals surface area contributed by atoms with Crippen LogP contribution in [0, 0.1) is 12.8 Å². The van der Waals surface area contributed by atoms with Crippen molar-refractivity contribution in [3.05, 3.63) is 23.7 Å². The number of aliphatic hydroxyl groups is 1. The molecule has 3 heteroatoms. The molecule has 2 rings (SSSR count). The Bertz CT molecular complexity index is 308. The first-order chi connectivity index (χ1) is 7.25. The van der Waals surface area contributed by atoms with Crippen molar-refractivity contribution in [2.75, 3.05) is 6.54 Å². The number of nitrogens with one attached hydrogen (secondary N) is 1. The minimum Gasteiger partial charge on any atom is -0.468 e. The van der Waals surface area contributed by atoms with Gasteiger partial charge in [-0.2, -0.15) is 0 Å². The fraction of sp³-hybridized carbons (Fsp3) is 0.667. The summed E-state index contributed by atoms with van der Waals surface area (Å²) in [6.07, 6.45) is 4.72. The fourth-order valence-corrected chi connectivity index (χ4v) is 2.21. The van der Waals surface area contributed by atoms with Gasteiger partial charge < -0.3 is 14.8 Å². The van der Waals surface area contributed by atoms with Crippen molar-refractivity contribution < 1.29 is 9.52 Å². The van der Waals surface area contributed by atoms with Crippen molar-refractivity contribution in [2.45, 2.75) is 38.8 Å². The monoisotopic (exact) mass is 209 g/mol. The first-order valence-electron chi connectivity index (χ1n) is 5.67. The lowest BCUT2D eigenvalue weighted by Crippen LogP contribution is -2.21. The molecule has 0 bridgehead atoms. The van der Waals surface area contributed by atoms with E-state index in [9.17, 15) is 5.11 Å². The van der Waals surface area contributed by atoms with Crippen LogP contribution in [-0.4, -0.2) is 17.8 Å². The highest BCUT2D eigenvalue weighted by atomic mass is 16.3. The van der Waals surface area contributed by atoms with E-state index in [0.717, 1.165) is 38.1 Å². The van der Waals surface area contributed by atoms with Gasteiger partial charge in [-0.25, -0.2) is 0 Å². The highest BCUT2D eigenvalue weighted by molar-refractivity contribution is 5.14. The Morgan fingerprint density at radius 2 is 2.40 bits per heavy atom. The van der Waals surface area contributed by atoms with E-state index in [1.54, 1.807) is 6.26 Å². The third-order valence-electron chi connectivity index (χ3n) is 3.20. The van der Waals surface area contributed by atoms with E-state index in [1.807, 2.05) is 6.07 Å². The van der Waals surface area contributed by atoms with E-state index < -0.39 is 0 Å². The molecule has 0 radical (unpaired) electrons. The van der Waals surface area contributed by atoms with Crippen molar-refractivity contribution in [3.63, 3.8) is 0 Å². The molecule has 1 saturated carbocycles. The van der Waals surface area contributed by atoms with Crippen LogP contribution in [0.15, 0.2) is 16.7 Å². The Hall–Kier alpha value is -0.800. The molecule has 1 heterocycles. The molecule has 3 nitrogen and oxygen atoms in total. The molecule has 2 atom stereocenters. The Morgan fingerprint density at radius 1 is 1.53 bits per heavy atom. The van der Waals surface area contributed by atoms with Crippen LogP contribution >= 0.6 is 0 Å². The molecule has 1 aromatic rings. The lowest BCUT2D eigenvalue weighted by molar-refractivity contribution is 0.177. The van der Waals surface area contributed by atoms with Crippen LogP contribution in [0.25, 0.3) is 0 Å². The number of rotatable bonds is 4. The molecule has 0 amide bonds. The van der Waals surface area contributed by atoms with Crippen LogP contribution in [0.4, 0.5) is 0 Å². The van der Waals surface area contributed by atoms with Gasteiger partial charge in [-0.15, -0.1) is 0 Å². The molecule has 0 aliphatic heterocycles. The van der Waals surface area contributed by atoms with Gasteiger partial charge >= 0.3 is 0 Å². The van der Waals surface area contributed by atoms with Gasteiger partial charge in [-0.05, 0) is 50.3 Å². The molecule has 1 fully saturated rings. The third kappa shape index (κ3) is 2.83. The number of hydrogen-bond acceptors (Lipinski definition) is 3. The minimum atomic E-state index is -0.0675. The van der Waals surface area contributed by atoms with Crippen LogP contribution in [0.2, 0.25) is 0 Å². The SMILES string of the molecule is Cc1ccoc1CNCC1CCC(O)C1. The minimum absolute atomic E-state index is 0.0675. The van der Waals surface area contributed by atoms with Gasteiger partial charge in [0.1, 0.15) is 5.76 Å². The summed E-state index contributed by atoms with van der Waals surface area (Å²) in [4.78, 5) is 0. The Labute approximate surface area is 90.5 Å². The van der Waals surface area contributed by atoms with Gasteiger partial charge in [0.25, 0.3) is 0 Å². The number of aryl methyl sites for hydroxylation is 1. The van der Waals surface area contributed by atoms with Gasteiger partial charge in [0.2, 0.25) is 0 Å². The normalized spacial score (nSPS) is 26.0. The zero-order chi connectivity index (χ0) is 10.7. The molecule has 0 spiro atoms. The summed E-state index contributed by atoms with van der Waals surface area (Å²) >= 11 is 0. The number of furan rings is 1. The Kier molecular flexibility index (Phi) is 3.44. The highest BCUT2D eigenvalue weighted by Crippen LogP contribution is 2.24. The number of hydrogen-bond donors (Lipinski definition) is 2. The van der Waals surface area contributed by atoms with Crippen LogP contribution in [0.5, 0.6) is 0 Å². The van der Waals surface area contributed by atoms with Gasteiger partial charge in [0, 0.05) is 0 Å². The first-order valence-corrected chi connectivity index (χ1v) is 5.67. The van der Waals surface area contributed by atoms with E-state index in [-0.39, 0.29) is 6.10 Å². The summed E-state index contributed by atoms with van der Waals surface area (Å²) in [6.45, 7) is 3.84. The van der Waals surface area contributed by atoms with Gasteiger partial charge in [0.05, 0.1) is 18.9 Å². The topological polar surface area (TPSA) is 45.4 Å². The molecule has 1 aliphatic rings. The summed E-state index contributed by atoms with van der Waals surface area (Å²) in [7, 11) is 0. The lowest BCUT2D eigenvalue weighted by atomic mass is 10.1. The molecule has 84 valence electrons. The maximum atomic E-state index is 9.38. The average molecular weight is 209 g/mol. The molecule has 2 N–H and O–H groups in total. The molecular weight excluding hydrogens is 190 g/mol. The second-order valence-electron chi connectivity index (χ2n) is 4.49. The Balaban J connectivity index is 1.69. The van der Waals surface area contributed by atoms with E-state index in [4.69, 9.17) is 4.42 Å². The maximum Gasteiger partial charge on any atom is 0.120 e. The van der Waals surface area contributed by atoms with E-state index >= 15 is 0 Å². The van der Waals surface area contributed by atoms with Crippen LogP contribution in [0.1, 0.15) is 30.6 Å². The second-order valence-corrected chi connectivity index (χ2v) is 4.49. The van der Waals surface area contributed by atoms with Crippen LogP contribution < -0.4 is 5.32 Å². The third-order valence-corrected chi connectivity index (χ3v) is 3.20. The number of aliphatic hydroxyl groups excluding tert-OH is 1. The Morgan fingerprint density at radius 3 is 3.00 bits per heavy atom. The van der Waals surface area contributed by atoms with Crippen molar-refractivity contribution in [1.82, 2.24) is 5.32 Å². The summed E-state index contributed by atoms with van der Waals surface area (Å²) in [6, 6.07) is 1.98. The first kappa shape index (κ1) is 10.7. The molecule has 1 aromatic heterocycles. The summed E-state index contributed by atoms with van der Waals surface area (Å²) in [5.41, 5.74) is 1.20. The van der Waals surface area contributed by atoms with Crippen molar-refractivity contribution in [2.24, 2.45) is 5.92 Å². The van der Waals surface area contributed by atoms with Gasteiger partial charge in [-0.3, -0.25) is 0 Å². The summed E-state index contributed by atoms with van der Waals surface area (Å²) < 4.78 is 5.34. The molecular formula is C12H19NO2. The quantitative estimate of drug-likeness (QED) is 0.795. The fourth-order valence-electron chi connectivity index (χ4n) is 2.21. The predicted molar refractivity (Wildman–Crippen MR) is 58.5 cm³/mol. The molecule has 0 aromatic carbocycles. The molecule has 2 unspecified atom stereocenters. The summed E-state index contributed by atoms with van der Waals surface area (Å²) in [5, 5.41) is 12.8. The van der Waals surface area contributed by atoms with Crippen molar-refractivity contribution in [3.8, 4) is 0 Å². The van der Waals surface area contributed by atoms with Crippen LogP contribution in [-0.2, 0) is 6.54 Å². The van der Waals surface area contributed by atoms with Gasteiger partial charge in [0.15, 0.2) is 0 Å².